The summed E-state index contributed by atoms with van der Waals surface area (Å²) in [7, 11) is 0. The van der Waals surface area contributed by atoms with Crippen molar-refractivity contribution in [3.05, 3.63) is 65.7 Å². The lowest BCUT2D eigenvalue weighted by atomic mass is 9.93. The number of benzene rings is 2. The molecule has 1 aliphatic rings. The normalized spacial score (nSPS) is 14.4. The highest BCUT2D eigenvalue weighted by Gasteiger charge is 2.14. The maximum atomic E-state index is 12.1. The Bertz CT molecular complexity index is 670. The Morgan fingerprint density at radius 3 is 2.26 bits per heavy atom. The molecule has 1 heterocycles. The molecule has 146 valence electrons. The summed E-state index contributed by atoms with van der Waals surface area (Å²) in [6.07, 6.45) is 3.96. The van der Waals surface area contributed by atoms with Gasteiger partial charge < -0.3 is 15.4 Å². The number of ether oxygens (including phenoxy) is 1. The minimum absolute atomic E-state index is 0. The van der Waals surface area contributed by atoms with E-state index in [1.807, 2.05) is 42.5 Å². The lowest BCUT2D eigenvalue weighted by molar-refractivity contribution is -0.116. The average molecular weight is 389 g/mol. The molecule has 1 amide bonds. The van der Waals surface area contributed by atoms with Gasteiger partial charge in [-0.25, -0.2) is 0 Å². The van der Waals surface area contributed by atoms with Gasteiger partial charge in [-0.3, -0.25) is 4.79 Å². The molecule has 5 heteroatoms. The van der Waals surface area contributed by atoms with Gasteiger partial charge in [0.15, 0.2) is 0 Å². The Kier molecular flexibility index (Phi) is 9.32. The number of piperidine rings is 1. The van der Waals surface area contributed by atoms with Crippen molar-refractivity contribution < 1.29 is 9.53 Å². The van der Waals surface area contributed by atoms with Crippen LogP contribution in [0.15, 0.2) is 54.6 Å². The smallest absolute Gasteiger partial charge is 0.224 e. The van der Waals surface area contributed by atoms with E-state index in [4.69, 9.17) is 4.74 Å². The number of nitrogens with one attached hydrogen (secondary N) is 2. The van der Waals surface area contributed by atoms with Crippen molar-refractivity contribution >= 4 is 24.0 Å². The first kappa shape index (κ1) is 21.4. The van der Waals surface area contributed by atoms with Crippen LogP contribution in [0.2, 0.25) is 0 Å². The predicted octanol–water partition coefficient (Wildman–Crippen LogP) is 4.54. The predicted molar refractivity (Wildman–Crippen MR) is 112 cm³/mol. The van der Waals surface area contributed by atoms with Crippen molar-refractivity contribution in [3.8, 4) is 0 Å². The molecule has 0 aromatic heterocycles. The highest BCUT2D eigenvalue weighted by molar-refractivity contribution is 5.90. The summed E-state index contributed by atoms with van der Waals surface area (Å²) in [6, 6.07) is 18.1. The van der Waals surface area contributed by atoms with Gasteiger partial charge in [-0.05, 0) is 61.5 Å². The lowest BCUT2D eigenvalue weighted by Gasteiger charge is -2.22. The van der Waals surface area contributed by atoms with Crippen LogP contribution in [0, 0.1) is 5.92 Å². The SMILES string of the molecule is Cl.O=C(CCC1CCNCC1)Nc1ccc(COCc2ccccc2)cc1. The van der Waals surface area contributed by atoms with E-state index in [0.29, 0.717) is 25.6 Å². The van der Waals surface area contributed by atoms with Gasteiger partial charge in [0, 0.05) is 12.1 Å². The molecular weight excluding hydrogens is 360 g/mol. The molecular formula is C22H29ClN2O2. The van der Waals surface area contributed by atoms with Gasteiger partial charge >= 0.3 is 0 Å². The number of carbonyl (C=O) groups excluding carboxylic acids is 1. The van der Waals surface area contributed by atoms with Crippen LogP contribution in [0.3, 0.4) is 0 Å². The third kappa shape index (κ3) is 7.71. The van der Waals surface area contributed by atoms with E-state index in [1.54, 1.807) is 0 Å². The fourth-order valence-corrected chi connectivity index (χ4v) is 3.27. The second-order valence-corrected chi connectivity index (χ2v) is 6.96. The lowest BCUT2D eigenvalue weighted by Crippen LogP contribution is -2.28. The monoisotopic (exact) mass is 388 g/mol. The molecule has 1 saturated heterocycles. The summed E-state index contributed by atoms with van der Waals surface area (Å²) in [5.74, 6) is 0.794. The summed E-state index contributed by atoms with van der Waals surface area (Å²) in [4.78, 5) is 12.1. The van der Waals surface area contributed by atoms with Gasteiger partial charge in [0.1, 0.15) is 0 Å². The summed E-state index contributed by atoms with van der Waals surface area (Å²) in [5.41, 5.74) is 3.13. The fourth-order valence-electron chi connectivity index (χ4n) is 3.27. The highest BCUT2D eigenvalue weighted by atomic mass is 35.5. The van der Waals surface area contributed by atoms with Crippen molar-refractivity contribution in [3.63, 3.8) is 0 Å². The van der Waals surface area contributed by atoms with E-state index < -0.39 is 0 Å². The quantitative estimate of drug-likeness (QED) is 0.697. The van der Waals surface area contributed by atoms with Crippen LogP contribution in [0.25, 0.3) is 0 Å². The molecule has 0 bridgehead atoms. The summed E-state index contributed by atoms with van der Waals surface area (Å²) in [6.45, 7) is 3.34. The van der Waals surface area contributed by atoms with Crippen LogP contribution >= 0.6 is 12.4 Å². The van der Waals surface area contributed by atoms with Gasteiger partial charge in [-0.15, -0.1) is 12.4 Å². The Labute approximate surface area is 168 Å². The topological polar surface area (TPSA) is 50.4 Å². The minimum atomic E-state index is 0. The van der Waals surface area contributed by atoms with Crippen LogP contribution < -0.4 is 10.6 Å². The molecule has 27 heavy (non-hydrogen) atoms. The Morgan fingerprint density at radius 2 is 1.59 bits per heavy atom. The van der Waals surface area contributed by atoms with Crippen molar-refractivity contribution in [2.45, 2.75) is 38.9 Å². The molecule has 2 aromatic carbocycles. The van der Waals surface area contributed by atoms with E-state index in [9.17, 15) is 4.79 Å². The Morgan fingerprint density at radius 1 is 0.963 bits per heavy atom. The third-order valence-electron chi connectivity index (χ3n) is 4.86. The van der Waals surface area contributed by atoms with Gasteiger partial charge in [-0.2, -0.15) is 0 Å². The van der Waals surface area contributed by atoms with E-state index >= 15 is 0 Å². The van der Waals surface area contributed by atoms with Crippen LogP contribution in [-0.4, -0.2) is 19.0 Å². The maximum Gasteiger partial charge on any atom is 0.224 e. The van der Waals surface area contributed by atoms with Crippen LogP contribution in [0.5, 0.6) is 0 Å². The van der Waals surface area contributed by atoms with Crippen molar-refractivity contribution in [1.29, 1.82) is 0 Å². The number of hydrogen-bond acceptors (Lipinski definition) is 3. The summed E-state index contributed by atoms with van der Waals surface area (Å²) >= 11 is 0. The van der Waals surface area contributed by atoms with Crippen molar-refractivity contribution in [2.24, 2.45) is 5.92 Å². The molecule has 0 aliphatic carbocycles. The Balaban J connectivity index is 0.00000261. The first-order chi connectivity index (χ1) is 12.8. The van der Waals surface area contributed by atoms with Crippen LogP contribution in [0.1, 0.15) is 36.8 Å². The zero-order valence-corrected chi connectivity index (χ0v) is 16.5. The molecule has 0 spiro atoms. The Hall–Kier alpha value is -1.88. The number of rotatable bonds is 8. The average Bonchev–Trinajstić information content (AvgIpc) is 2.69. The van der Waals surface area contributed by atoms with Gasteiger partial charge in [0.2, 0.25) is 5.91 Å². The largest absolute Gasteiger partial charge is 0.372 e. The van der Waals surface area contributed by atoms with E-state index in [-0.39, 0.29) is 18.3 Å². The molecule has 0 saturated carbocycles. The zero-order chi connectivity index (χ0) is 18.0. The standard InChI is InChI=1S/C22H28N2O2.ClH/c25-22(11-8-18-12-14-23-15-13-18)24-21-9-6-20(7-10-21)17-26-16-19-4-2-1-3-5-19;/h1-7,9-10,18,23H,8,11-17H2,(H,24,25);1H. The second kappa shape index (κ2) is 11.8. The molecule has 0 unspecified atom stereocenters. The highest BCUT2D eigenvalue weighted by Crippen LogP contribution is 2.18. The number of amides is 1. The third-order valence-corrected chi connectivity index (χ3v) is 4.86. The van der Waals surface area contributed by atoms with Gasteiger partial charge in [0.25, 0.3) is 0 Å². The molecule has 1 fully saturated rings. The molecule has 3 rings (SSSR count). The van der Waals surface area contributed by atoms with Crippen LogP contribution in [-0.2, 0) is 22.7 Å². The summed E-state index contributed by atoms with van der Waals surface area (Å²) < 4.78 is 5.74. The zero-order valence-electron chi connectivity index (χ0n) is 15.7. The fraction of sp³-hybridized carbons (Fsp3) is 0.409. The van der Waals surface area contributed by atoms with E-state index in [1.165, 1.54) is 18.4 Å². The number of hydrogen-bond donors (Lipinski definition) is 2. The van der Waals surface area contributed by atoms with Crippen molar-refractivity contribution in [1.82, 2.24) is 5.32 Å². The van der Waals surface area contributed by atoms with Gasteiger partial charge in [0.05, 0.1) is 13.2 Å². The van der Waals surface area contributed by atoms with E-state index in [2.05, 4.69) is 22.8 Å². The first-order valence-corrected chi connectivity index (χ1v) is 9.51. The number of anilines is 1. The number of halogens is 1. The minimum Gasteiger partial charge on any atom is -0.372 e. The molecule has 2 aromatic rings. The second-order valence-electron chi connectivity index (χ2n) is 6.96. The molecule has 1 aliphatic heterocycles. The van der Waals surface area contributed by atoms with Crippen molar-refractivity contribution in [2.75, 3.05) is 18.4 Å². The molecule has 4 nitrogen and oxygen atoms in total. The first-order valence-electron chi connectivity index (χ1n) is 9.51. The molecule has 0 radical (unpaired) electrons. The van der Waals surface area contributed by atoms with E-state index in [0.717, 1.165) is 30.8 Å². The van der Waals surface area contributed by atoms with Crippen LogP contribution in [0.4, 0.5) is 5.69 Å². The molecule has 0 atom stereocenters. The number of carbonyl (C=O) groups is 1. The molecule has 2 N–H and O–H groups in total. The summed E-state index contributed by atoms with van der Waals surface area (Å²) in [5, 5.41) is 6.36. The van der Waals surface area contributed by atoms with Gasteiger partial charge in [-0.1, -0.05) is 42.5 Å². The maximum absolute atomic E-state index is 12.1.